The number of rotatable bonds is 4. The molecule has 1 aromatic carbocycles. The van der Waals surface area contributed by atoms with E-state index in [2.05, 4.69) is 10.3 Å². The quantitative estimate of drug-likeness (QED) is 0.725. The van der Waals surface area contributed by atoms with Crippen molar-refractivity contribution in [2.45, 2.75) is 18.3 Å². The molecule has 2 heterocycles. The monoisotopic (exact) mass is 328 g/mol. The standard InChI is InChI=1S/C17H16N2O5/c1-18-16(20)11-7-9(4-5-19-11)23-8-2-3-12-10(6-8)13-14(17(21)22)15(13)24-12/h2-7,13-15,17,21-22H,1H3,(H,18,20). The molecule has 1 aliphatic heterocycles. The normalized spacial score (nSPS) is 23.2. The number of aromatic nitrogens is 1. The highest BCUT2D eigenvalue weighted by Gasteiger charge is 2.61. The van der Waals surface area contributed by atoms with Crippen LogP contribution in [0.1, 0.15) is 22.0 Å². The zero-order valence-corrected chi connectivity index (χ0v) is 12.8. The molecular formula is C17H16N2O5. The second-order valence-corrected chi connectivity index (χ2v) is 5.86. The van der Waals surface area contributed by atoms with E-state index in [-0.39, 0.29) is 29.5 Å². The Balaban J connectivity index is 1.56. The maximum absolute atomic E-state index is 11.6. The first-order valence-corrected chi connectivity index (χ1v) is 7.61. The lowest BCUT2D eigenvalue weighted by Crippen LogP contribution is -2.18. The third kappa shape index (κ3) is 2.38. The Morgan fingerprint density at radius 1 is 1.29 bits per heavy atom. The minimum atomic E-state index is -1.38. The van der Waals surface area contributed by atoms with E-state index in [0.717, 1.165) is 11.3 Å². The minimum Gasteiger partial charge on any atom is -0.489 e. The van der Waals surface area contributed by atoms with Gasteiger partial charge < -0.3 is 25.0 Å². The van der Waals surface area contributed by atoms with Crippen LogP contribution in [0.15, 0.2) is 36.5 Å². The zero-order chi connectivity index (χ0) is 16.8. The number of fused-ring (bicyclic) bond motifs is 3. The third-order valence-electron chi connectivity index (χ3n) is 4.38. The molecule has 124 valence electrons. The molecule has 3 N–H and O–H groups in total. The molecule has 7 heteroatoms. The highest BCUT2D eigenvalue weighted by Crippen LogP contribution is 2.59. The van der Waals surface area contributed by atoms with Crippen molar-refractivity contribution in [3.05, 3.63) is 47.8 Å². The number of nitrogens with zero attached hydrogens (tertiary/aromatic N) is 1. The average Bonchev–Trinajstić information content (AvgIpc) is 3.19. The summed E-state index contributed by atoms with van der Waals surface area (Å²) in [5.74, 6) is 1.24. The number of nitrogens with one attached hydrogen (secondary N) is 1. The largest absolute Gasteiger partial charge is 0.489 e. The first-order valence-electron chi connectivity index (χ1n) is 7.61. The van der Waals surface area contributed by atoms with Crippen LogP contribution in [0.25, 0.3) is 0 Å². The molecule has 24 heavy (non-hydrogen) atoms. The van der Waals surface area contributed by atoms with Crippen molar-refractivity contribution in [2.24, 2.45) is 5.92 Å². The van der Waals surface area contributed by atoms with E-state index >= 15 is 0 Å². The van der Waals surface area contributed by atoms with Crippen LogP contribution in [0.5, 0.6) is 17.2 Å². The summed E-state index contributed by atoms with van der Waals surface area (Å²) in [6.45, 7) is 0. The van der Waals surface area contributed by atoms with Gasteiger partial charge in [-0.1, -0.05) is 0 Å². The van der Waals surface area contributed by atoms with Crippen LogP contribution in [0.4, 0.5) is 0 Å². The number of amides is 1. The predicted octanol–water partition coefficient (Wildman–Crippen LogP) is 1.02. The van der Waals surface area contributed by atoms with Gasteiger partial charge in [-0.2, -0.15) is 0 Å². The summed E-state index contributed by atoms with van der Waals surface area (Å²) in [5.41, 5.74) is 1.18. The fourth-order valence-corrected chi connectivity index (χ4v) is 3.16. The van der Waals surface area contributed by atoms with Crippen molar-refractivity contribution in [3.63, 3.8) is 0 Å². The van der Waals surface area contributed by atoms with Gasteiger partial charge in [-0.05, 0) is 24.3 Å². The van der Waals surface area contributed by atoms with Gasteiger partial charge >= 0.3 is 0 Å². The zero-order valence-electron chi connectivity index (χ0n) is 12.8. The molecule has 1 fully saturated rings. The van der Waals surface area contributed by atoms with Gasteiger partial charge in [0, 0.05) is 30.8 Å². The lowest BCUT2D eigenvalue weighted by molar-refractivity contribution is -0.0656. The maximum atomic E-state index is 11.6. The molecule has 3 unspecified atom stereocenters. The van der Waals surface area contributed by atoms with E-state index in [9.17, 15) is 15.0 Å². The van der Waals surface area contributed by atoms with Gasteiger partial charge in [-0.15, -0.1) is 0 Å². The Bertz CT molecular complexity index is 807. The van der Waals surface area contributed by atoms with Gasteiger partial charge in [0.1, 0.15) is 29.0 Å². The first kappa shape index (κ1) is 14.9. The predicted molar refractivity (Wildman–Crippen MR) is 83.0 cm³/mol. The number of carbonyl (C=O) groups excluding carboxylic acids is 1. The maximum Gasteiger partial charge on any atom is 0.269 e. The second kappa shape index (κ2) is 5.47. The topological polar surface area (TPSA) is 101 Å². The van der Waals surface area contributed by atoms with Crippen LogP contribution in [0.2, 0.25) is 0 Å². The highest BCUT2D eigenvalue weighted by molar-refractivity contribution is 5.92. The Morgan fingerprint density at radius 2 is 2.08 bits per heavy atom. The molecule has 2 aromatic rings. The van der Waals surface area contributed by atoms with Crippen molar-refractivity contribution in [1.29, 1.82) is 0 Å². The van der Waals surface area contributed by atoms with Crippen molar-refractivity contribution < 1.29 is 24.5 Å². The number of hydrogen-bond acceptors (Lipinski definition) is 6. The molecule has 4 rings (SSSR count). The molecule has 0 spiro atoms. The Kier molecular flexibility index (Phi) is 3.40. The van der Waals surface area contributed by atoms with Crippen molar-refractivity contribution in [2.75, 3.05) is 7.05 Å². The van der Waals surface area contributed by atoms with E-state index in [1.54, 1.807) is 24.3 Å². The summed E-state index contributed by atoms with van der Waals surface area (Å²) in [7, 11) is 1.54. The summed E-state index contributed by atoms with van der Waals surface area (Å²) in [6.07, 6.45) is -0.0464. The Morgan fingerprint density at radius 3 is 2.83 bits per heavy atom. The molecule has 0 bridgehead atoms. The minimum absolute atomic E-state index is 0.0116. The van der Waals surface area contributed by atoms with E-state index in [1.165, 1.54) is 13.2 Å². The van der Waals surface area contributed by atoms with Gasteiger partial charge in [0.2, 0.25) is 0 Å². The van der Waals surface area contributed by atoms with Crippen LogP contribution in [0.3, 0.4) is 0 Å². The van der Waals surface area contributed by atoms with E-state index in [0.29, 0.717) is 11.5 Å². The van der Waals surface area contributed by atoms with E-state index < -0.39 is 6.29 Å². The summed E-state index contributed by atoms with van der Waals surface area (Å²) in [4.78, 5) is 15.6. The van der Waals surface area contributed by atoms with Gasteiger partial charge in [0.15, 0.2) is 6.29 Å². The fourth-order valence-electron chi connectivity index (χ4n) is 3.16. The lowest BCUT2D eigenvalue weighted by atomic mass is 10.1. The number of carbonyl (C=O) groups is 1. The van der Waals surface area contributed by atoms with Crippen LogP contribution < -0.4 is 14.8 Å². The molecule has 7 nitrogen and oxygen atoms in total. The molecular weight excluding hydrogens is 312 g/mol. The van der Waals surface area contributed by atoms with Crippen molar-refractivity contribution in [1.82, 2.24) is 10.3 Å². The molecule has 1 aliphatic carbocycles. The van der Waals surface area contributed by atoms with Gasteiger partial charge in [-0.3, -0.25) is 9.78 Å². The number of aliphatic hydroxyl groups excluding tert-OH is 1. The lowest BCUT2D eigenvalue weighted by Gasteiger charge is -2.12. The molecule has 1 amide bonds. The highest BCUT2D eigenvalue weighted by atomic mass is 16.5. The summed E-state index contributed by atoms with van der Waals surface area (Å²) in [6, 6.07) is 8.63. The summed E-state index contributed by atoms with van der Waals surface area (Å²) in [5, 5.41) is 21.2. The van der Waals surface area contributed by atoms with E-state index in [4.69, 9.17) is 9.47 Å². The second-order valence-electron chi connectivity index (χ2n) is 5.86. The molecule has 0 radical (unpaired) electrons. The van der Waals surface area contributed by atoms with Crippen LogP contribution in [-0.2, 0) is 0 Å². The number of hydrogen-bond donors (Lipinski definition) is 3. The van der Waals surface area contributed by atoms with E-state index in [1.807, 2.05) is 6.07 Å². The SMILES string of the molecule is CNC(=O)c1cc(Oc2ccc3c(c2)C2C(O3)C2C(O)O)ccn1. The first-order chi connectivity index (χ1) is 11.6. The van der Waals surface area contributed by atoms with Crippen LogP contribution in [0, 0.1) is 5.92 Å². The Labute approximate surface area is 137 Å². The molecule has 1 aromatic heterocycles. The smallest absolute Gasteiger partial charge is 0.269 e. The van der Waals surface area contributed by atoms with Crippen molar-refractivity contribution >= 4 is 5.91 Å². The van der Waals surface area contributed by atoms with Crippen LogP contribution >= 0.6 is 0 Å². The van der Waals surface area contributed by atoms with Crippen molar-refractivity contribution in [3.8, 4) is 17.2 Å². The number of aliphatic hydroxyl groups is 2. The number of benzene rings is 1. The third-order valence-corrected chi connectivity index (χ3v) is 4.38. The number of pyridine rings is 1. The molecule has 2 aliphatic rings. The summed E-state index contributed by atoms with van der Waals surface area (Å²) >= 11 is 0. The van der Waals surface area contributed by atoms with Crippen LogP contribution in [-0.4, -0.2) is 40.5 Å². The Hall–Kier alpha value is -2.64. The molecule has 0 saturated heterocycles. The molecule has 1 saturated carbocycles. The van der Waals surface area contributed by atoms with Gasteiger partial charge in [0.05, 0.1) is 5.92 Å². The summed E-state index contributed by atoms with van der Waals surface area (Å²) < 4.78 is 11.5. The van der Waals surface area contributed by atoms with Gasteiger partial charge in [0.25, 0.3) is 5.91 Å². The fraction of sp³-hybridized carbons (Fsp3) is 0.294. The molecule has 3 atom stereocenters. The van der Waals surface area contributed by atoms with Gasteiger partial charge in [-0.25, -0.2) is 0 Å². The number of ether oxygens (including phenoxy) is 2. The average molecular weight is 328 g/mol.